The molecule has 96 valence electrons. The molecule has 0 radical (unpaired) electrons. The van der Waals surface area contributed by atoms with Gasteiger partial charge in [0.25, 0.3) is 0 Å². The predicted molar refractivity (Wildman–Crippen MR) is 74.9 cm³/mol. The van der Waals surface area contributed by atoms with Crippen molar-refractivity contribution in [3.8, 4) is 0 Å². The van der Waals surface area contributed by atoms with Crippen LogP contribution in [0.2, 0.25) is 0 Å². The monoisotopic (exact) mass is 253 g/mol. The summed E-state index contributed by atoms with van der Waals surface area (Å²) in [5.41, 5.74) is 1.32. The van der Waals surface area contributed by atoms with Gasteiger partial charge in [0, 0.05) is 24.5 Å². The van der Waals surface area contributed by atoms with E-state index in [2.05, 4.69) is 24.1 Å². The molecule has 1 fully saturated rings. The molecule has 1 aromatic heterocycles. The van der Waals surface area contributed by atoms with E-state index in [4.69, 9.17) is 4.98 Å². The third-order valence-corrected chi connectivity index (χ3v) is 4.32. The summed E-state index contributed by atoms with van der Waals surface area (Å²) in [5, 5.41) is 4.67. The van der Waals surface area contributed by atoms with E-state index < -0.39 is 0 Å². The first-order chi connectivity index (χ1) is 8.35. The summed E-state index contributed by atoms with van der Waals surface area (Å²) in [7, 11) is 0. The lowest BCUT2D eigenvalue weighted by Gasteiger charge is -2.12. The topological polar surface area (TPSA) is 28.2 Å². The van der Waals surface area contributed by atoms with Gasteiger partial charge in [-0.3, -0.25) is 0 Å². The minimum absolute atomic E-state index is 0.983. The maximum Gasteiger partial charge on any atom is 0.185 e. The molecular weight excluding hydrogens is 230 g/mol. The standard InChI is InChI=1S/C13H23N3S/c1-3-7-11-12(10-14-4-2)17-13(15-11)16-8-5-6-9-16/h14H,3-10H2,1-2H3. The van der Waals surface area contributed by atoms with E-state index in [1.807, 2.05) is 11.3 Å². The van der Waals surface area contributed by atoms with Gasteiger partial charge in [0.1, 0.15) is 0 Å². The Morgan fingerprint density at radius 2 is 2.06 bits per heavy atom. The number of rotatable bonds is 6. The second-order valence-electron chi connectivity index (χ2n) is 4.59. The molecule has 3 nitrogen and oxygen atoms in total. The number of aromatic nitrogens is 1. The molecule has 1 saturated heterocycles. The molecule has 2 heterocycles. The minimum atomic E-state index is 0.983. The first kappa shape index (κ1) is 12.8. The maximum absolute atomic E-state index is 4.84. The summed E-state index contributed by atoms with van der Waals surface area (Å²) < 4.78 is 0. The largest absolute Gasteiger partial charge is 0.348 e. The molecule has 0 atom stereocenters. The van der Waals surface area contributed by atoms with Gasteiger partial charge >= 0.3 is 0 Å². The highest BCUT2D eigenvalue weighted by Crippen LogP contribution is 2.29. The Bertz CT molecular complexity index is 342. The number of thiazole rings is 1. The van der Waals surface area contributed by atoms with E-state index in [0.29, 0.717) is 0 Å². The lowest BCUT2D eigenvalue weighted by Crippen LogP contribution is -2.17. The highest BCUT2D eigenvalue weighted by atomic mass is 32.1. The van der Waals surface area contributed by atoms with Crippen molar-refractivity contribution in [1.82, 2.24) is 10.3 Å². The van der Waals surface area contributed by atoms with Crippen LogP contribution in [0.25, 0.3) is 0 Å². The van der Waals surface area contributed by atoms with Crippen molar-refractivity contribution in [1.29, 1.82) is 0 Å². The van der Waals surface area contributed by atoms with Crippen LogP contribution in [0.5, 0.6) is 0 Å². The molecule has 0 saturated carbocycles. The maximum atomic E-state index is 4.84. The number of hydrogen-bond acceptors (Lipinski definition) is 4. The van der Waals surface area contributed by atoms with Crippen LogP contribution in [0, 0.1) is 0 Å². The van der Waals surface area contributed by atoms with Crippen molar-refractivity contribution in [2.24, 2.45) is 0 Å². The van der Waals surface area contributed by atoms with Crippen LogP contribution in [0.1, 0.15) is 43.7 Å². The molecule has 0 spiro atoms. The fourth-order valence-electron chi connectivity index (χ4n) is 2.22. The van der Waals surface area contributed by atoms with Crippen LogP contribution in [0.15, 0.2) is 0 Å². The lowest BCUT2D eigenvalue weighted by atomic mass is 10.2. The van der Waals surface area contributed by atoms with Gasteiger partial charge in [-0.05, 0) is 25.8 Å². The highest BCUT2D eigenvalue weighted by molar-refractivity contribution is 7.15. The molecule has 0 aliphatic carbocycles. The summed E-state index contributed by atoms with van der Waals surface area (Å²) in [6.45, 7) is 8.78. The van der Waals surface area contributed by atoms with E-state index in [0.717, 1.165) is 19.5 Å². The Balaban J connectivity index is 2.11. The molecule has 0 amide bonds. The van der Waals surface area contributed by atoms with E-state index in [1.165, 1.54) is 48.1 Å². The molecule has 0 bridgehead atoms. The Labute approximate surface area is 108 Å². The van der Waals surface area contributed by atoms with Crippen LogP contribution >= 0.6 is 11.3 Å². The van der Waals surface area contributed by atoms with E-state index in [9.17, 15) is 0 Å². The van der Waals surface area contributed by atoms with Crippen molar-refractivity contribution < 1.29 is 0 Å². The Hall–Kier alpha value is -0.610. The Morgan fingerprint density at radius 1 is 1.29 bits per heavy atom. The van der Waals surface area contributed by atoms with Gasteiger partial charge in [-0.15, -0.1) is 11.3 Å². The number of aryl methyl sites for hydroxylation is 1. The minimum Gasteiger partial charge on any atom is -0.348 e. The Morgan fingerprint density at radius 3 is 2.71 bits per heavy atom. The van der Waals surface area contributed by atoms with Crippen LogP contribution < -0.4 is 10.2 Å². The van der Waals surface area contributed by atoms with Crippen LogP contribution in [0.3, 0.4) is 0 Å². The molecule has 1 aliphatic heterocycles. The van der Waals surface area contributed by atoms with Gasteiger partial charge in [0.15, 0.2) is 5.13 Å². The molecular formula is C13H23N3S. The van der Waals surface area contributed by atoms with Crippen molar-refractivity contribution in [3.05, 3.63) is 10.6 Å². The zero-order valence-electron chi connectivity index (χ0n) is 11.0. The summed E-state index contributed by atoms with van der Waals surface area (Å²) >= 11 is 1.89. The van der Waals surface area contributed by atoms with Gasteiger partial charge in [0.05, 0.1) is 5.69 Å². The molecule has 0 unspecified atom stereocenters. The smallest absolute Gasteiger partial charge is 0.185 e. The lowest BCUT2D eigenvalue weighted by molar-refractivity contribution is 0.723. The fourth-order valence-corrected chi connectivity index (χ4v) is 3.35. The molecule has 0 aromatic carbocycles. The first-order valence-corrected chi connectivity index (χ1v) is 7.61. The van der Waals surface area contributed by atoms with Gasteiger partial charge in [0.2, 0.25) is 0 Å². The number of nitrogens with zero attached hydrogens (tertiary/aromatic N) is 2. The normalized spacial score (nSPS) is 15.8. The van der Waals surface area contributed by atoms with E-state index in [-0.39, 0.29) is 0 Å². The zero-order chi connectivity index (χ0) is 12.1. The fraction of sp³-hybridized carbons (Fsp3) is 0.769. The first-order valence-electron chi connectivity index (χ1n) is 6.79. The van der Waals surface area contributed by atoms with Gasteiger partial charge in [-0.1, -0.05) is 20.3 Å². The molecule has 4 heteroatoms. The second-order valence-corrected chi connectivity index (χ2v) is 5.65. The number of hydrogen-bond donors (Lipinski definition) is 1. The quantitative estimate of drug-likeness (QED) is 0.845. The van der Waals surface area contributed by atoms with Crippen molar-refractivity contribution in [2.45, 2.75) is 46.1 Å². The van der Waals surface area contributed by atoms with Crippen LogP contribution in [-0.2, 0) is 13.0 Å². The SMILES string of the molecule is CCCc1nc(N2CCCC2)sc1CNCC. The van der Waals surface area contributed by atoms with Gasteiger partial charge in [-0.25, -0.2) is 4.98 Å². The van der Waals surface area contributed by atoms with Gasteiger partial charge < -0.3 is 10.2 Å². The van der Waals surface area contributed by atoms with Crippen molar-refractivity contribution in [3.63, 3.8) is 0 Å². The van der Waals surface area contributed by atoms with Gasteiger partial charge in [-0.2, -0.15) is 0 Å². The van der Waals surface area contributed by atoms with Crippen LogP contribution in [0.4, 0.5) is 5.13 Å². The summed E-state index contributed by atoms with van der Waals surface area (Å²) in [4.78, 5) is 8.72. The number of nitrogens with one attached hydrogen (secondary N) is 1. The average molecular weight is 253 g/mol. The van der Waals surface area contributed by atoms with Crippen molar-refractivity contribution in [2.75, 3.05) is 24.5 Å². The van der Waals surface area contributed by atoms with Crippen LogP contribution in [-0.4, -0.2) is 24.6 Å². The average Bonchev–Trinajstić information content (AvgIpc) is 2.95. The molecule has 2 rings (SSSR count). The predicted octanol–water partition coefficient (Wildman–Crippen LogP) is 2.81. The molecule has 1 aromatic rings. The summed E-state index contributed by atoms with van der Waals surface area (Å²) in [6.07, 6.45) is 4.95. The van der Waals surface area contributed by atoms with Crippen molar-refractivity contribution >= 4 is 16.5 Å². The third-order valence-electron chi connectivity index (χ3n) is 3.17. The van der Waals surface area contributed by atoms with E-state index in [1.54, 1.807) is 0 Å². The summed E-state index contributed by atoms with van der Waals surface area (Å²) in [6, 6.07) is 0. The Kier molecular flexibility index (Phi) is 4.80. The van der Waals surface area contributed by atoms with E-state index >= 15 is 0 Å². The number of anilines is 1. The molecule has 1 N–H and O–H groups in total. The zero-order valence-corrected chi connectivity index (χ0v) is 11.8. The summed E-state index contributed by atoms with van der Waals surface area (Å²) in [5.74, 6) is 0. The highest BCUT2D eigenvalue weighted by Gasteiger charge is 2.18. The third kappa shape index (κ3) is 3.19. The second kappa shape index (κ2) is 6.36. The molecule has 1 aliphatic rings. The molecule has 17 heavy (non-hydrogen) atoms.